The fraction of sp³-hybridized carbons (Fsp3) is 0.682. The van der Waals surface area contributed by atoms with Crippen LogP contribution in [-0.4, -0.2) is 87.5 Å². The summed E-state index contributed by atoms with van der Waals surface area (Å²) < 4.78 is 2.21. The lowest BCUT2D eigenvalue weighted by atomic mass is 10.0. The number of piperazine rings is 1. The molecule has 1 aliphatic carbocycles. The number of hydrogen-bond acceptors (Lipinski definition) is 5. The average Bonchev–Trinajstić information content (AvgIpc) is 3.43. The molecule has 156 valence electrons. The van der Waals surface area contributed by atoms with Crippen LogP contribution in [0.4, 0.5) is 0 Å². The Balaban J connectivity index is 1.23. The number of carbonyl (C=O) groups is 1. The first-order valence-electron chi connectivity index (χ1n) is 11.2. The predicted octanol–water partition coefficient (Wildman–Crippen LogP) is 2.40. The van der Waals surface area contributed by atoms with Crippen LogP contribution < -0.4 is 0 Å². The van der Waals surface area contributed by atoms with E-state index in [1.165, 1.54) is 25.7 Å². The fourth-order valence-corrected chi connectivity index (χ4v) is 5.29. The zero-order chi connectivity index (χ0) is 19.8. The zero-order valence-electron chi connectivity index (χ0n) is 17.5. The van der Waals surface area contributed by atoms with Gasteiger partial charge in [0.1, 0.15) is 5.52 Å². The molecule has 7 nitrogen and oxygen atoms in total. The topological polar surface area (TPSA) is 57.5 Å². The van der Waals surface area contributed by atoms with Crippen molar-refractivity contribution in [1.29, 1.82) is 0 Å². The second kappa shape index (κ2) is 8.03. The number of hydrogen-bond donors (Lipinski definition) is 0. The summed E-state index contributed by atoms with van der Waals surface area (Å²) in [6, 6.07) is 3.07. The normalized spacial score (nSPS) is 23.3. The molecule has 3 fully saturated rings. The van der Waals surface area contributed by atoms with Crippen LogP contribution in [0.1, 0.15) is 54.9 Å². The summed E-state index contributed by atoms with van der Waals surface area (Å²) in [6.45, 7) is 6.28. The molecular formula is C22H32N6O. The van der Waals surface area contributed by atoms with Gasteiger partial charge in [-0.3, -0.25) is 9.69 Å². The number of likely N-dealkylation sites (tertiary alicyclic amines) is 1. The molecule has 4 heterocycles. The number of imidazole rings is 1. The molecule has 0 atom stereocenters. The number of amides is 1. The van der Waals surface area contributed by atoms with Crippen LogP contribution in [0.2, 0.25) is 0 Å². The maximum absolute atomic E-state index is 13.1. The molecule has 0 spiro atoms. The highest BCUT2D eigenvalue weighted by Gasteiger charge is 2.29. The highest BCUT2D eigenvalue weighted by atomic mass is 16.2. The molecule has 0 radical (unpaired) electrons. The van der Waals surface area contributed by atoms with Gasteiger partial charge in [-0.05, 0) is 38.8 Å². The van der Waals surface area contributed by atoms with Crippen molar-refractivity contribution < 1.29 is 4.79 Å². The number of rotatable bonds is 3. The highest BCUT2D eigenvalue weighted by Crippen LogP contribution is 2.31. The minimum Gasteiger partial charge on any atom is -0.338 e. The summed E-state index contributed by atoms with van der Waals surface area (Å²) >= 11 is 0. The lowest BCUT2D eigenvalue weighted by Crippen LogP contribution is -2.52. The van der Waals surface area contributed by atoms with Crippen LogP contribution in [0.25, 0.3) is 11.2 Å². The van der Waals surface area contributed by atoms with Crippen LogP contribution >= 0.6 is 0 Å². The molecule has 0 unspecified atom stereocenters. The molecule has 29 heavy (non-hydrogen) atoms. The Morgan fingerprint density at radius 1 is 0.931 bits per heavy atom. The Bertz CT molecular complexity index is 857. The van der Waals surface area contributed by atoms with Gasteiger partial charge in [-0.2, -0.15) is 0 Å². The smallest absolute Gasteiger partial charge is 0.255 e. The number of pyridine rings is 1. The summed E-state index contributed by atoms with van der Waals surface area (Å²) in [6.07, 6.45) is 10.8. The highest BCUT2D eigenvalue weighted by molar-refractivity contribution is 5.96. The summed E-state index contributed by atoms with van der Waals surface area (Å²) in [7, 11) is 2.19. The molecular weight excluding hydrogens is 364 g/mol. The quantitative estimate of drug-likeness (QED) is 0.797. The van der Waals surface area contributed by atoms with Crippen molar-refractivity contribution in [2.75, 3.05) is 46.3 Å². The molecule has 1 amide bonds. The monoisotopic (exact) mass is 396 g/mol. The third kappa shape index (κ3) is 3.78. The van der Waals surface area contributed by atoms with Crippen LogP contribution in [0, 0.1) is 0 Å². The molecule has 0 aromatic carbocycles. The maximum atomic E-state index is 13.1. The Morgan fingerprint density at radius 3 is 2.38 bits per heavy atom. The minimum absolute atomic E-state index is 0.103. The van der Waals surface area contributed by atoms with Crippen LogP contribution in [0.5, 0.6) is 0 Å². The molecule has 1 saturated carbocycles. The molecule has 2 aromatic heterocycles. The summed E-state index contributed by atoms with van der Waals surface area (Å²) in [4.78, 5) is 29.3. The van der Waals surface area contributed by atoms with E-state index in [9.17, 15) is 4.79 Å². The number of piperidine rings is 1. The number of fused-ring (bicyclic) bond motifs is 1. The number of carbonyl (C=O) groups excluding carboxylic acids is 1. The zero-order valence-corrected chi connectivity index (χ0v) is 17.5. The molecule has 7 heteroatoms. The van der Waals surface area contributed by atoms with E-state index in [4.69, 9.17) is 0 Å². The van der Waals surface area contributed by atoms with Crippen molar-refractivity contribution in [3.05, 3.63) is 24.2 Å². The molecule has 2 saturated heterocycles. The van der Waals surface area contributed by atoms with Crippen LogP contribution in [-0.2, 0) is 0 Å². The van der Waals surface area contributed by atoms with E-state index in [1.54, 1.807) is 6.20 Å². The number of nitrogens with zero attached hydrogens (tertiary/aromatic N) is 6. The Kier molecular flexibility index (Phi) is 5.26. The van der Waals surface area contributed by atoms with E-state index in [2.05, 4.69) is 31.4 Å². The van der Waals surface area contributed by atoms with E-state index in [0.717, 1.165) is 63.3 Å². The van der Waals surface area contributed by atoms with E-state index >= 15 is 0 Å². The second-order valence-corrected chi connectivity index (χ2v) is 9.02. The van der Waals surface area contributed by atoms with Crippen molar-refractivity contribution in [3.63, 3.8) is 0 Å². The van der Waals surface area contributed by atoms with E-state index < -0.39 is 0 Å². The fourth-order valence-electron chi connectivity index (χ4n) is 5.29. The third-order valence-electron chi connectivity index (χ3n) is 7.18. The van der Waals surface area contributed by atoms with Crippen molar-refractivity contribution >= 4 is 17.1 Å². The third-order valence-corrected chi connectivity index (χ3v) is 7.18. The largest absolute Gasteiger partial charge is 0.338 e. The molecule has 5 rings (SSSR count). The average molecular weight is 397 g/mol. The van der Waals surface area contributed by atoms with Gasteiger partial charge in [0.25, 0.3) is 5.91 Å². The van der Waals surface area contributed by atoms with E-state index in [0.29, 0.717) is 17.6 Å². The first-order valence-corrected chi connectivity index (χ1v) is 11.2. The molecule has 2 aliphatic heterocycles. The molecule has 2 aromatic rings. The first kappa shape index (κ1) is 19.0. The lowest BCUT2D eigenvalue weighted by molar-refractivity contribution is 0.0518. The Hall–Kier alpha value is -1.99. The van der Waals surface area contributed by atoms with Crippen molar-refractivity contribution in [2.45, 2.75) is 50.6 Å². The van der Waals surface area contributed by atoms with Gasteiger partial charge in [-0.25, -0.2) is 9.97 Å². The van der Waals surface area contributed by atoms with Crippen molar-refractivity contribution in [3.8, 4) is 0 Å². The van der Waals surface area contributed by atoms with Gasteiger partial charge >= 0.3 is 0 Å². The lowest BCUT2D eigenvalue weighted by Gasteiger charge is -2.42. The Morgan fingerprint density at radius 2 is 1.66 bits per heavy atom. The molecule has 0 bridgehead atoms. The van der Waals surface area contributed by atoms with Crippen molar-refractivity contribution in [1.82, 2.24) is 29.2 Å². The summed E-state index contributed by atoms with van der Waals surface area (Å²) in [5.74, 6) is 0.103. The van der Waals surface area contributed by atoms with Gasteiger partial charge < -0.3 is 14.4 Å². The van der Waals surface area contributed by atoms with Crippen molar-refractivity contribution in [2.24, 2.45) is 0 Å². The maximum Gasteiger partial charge on any atom is 0.255 e. The second-order valence-electron chi connectivity index (χ2n) is 9.02. The Labute approximate surface area is 172 Å². The predicted molar refractivity (Wildman–Crippen MR) is 113 cm³/mol. The standard InChI is InChI=1S/C22H32N6O/c1-25-10-12-26(13-11-25)18-6-8-27(9-7-18)22(29)17-14-20-21(23-15-17)28(16-24-20)19-4-2-3-5-19/h14-16,18-19H,2-13H2,1H3. The van der Waals surface area contributed by atoms with Gasteiger partial charge in [0.15, 0.2) is 5.65 Å². The molecule has 3 aliphatic rings. The van der Waals surface area contributed by atoms with Crippen LogP contribution in [0.3, 0.4) is 0 Å². The SMILES string of the molecule is CN1CCN(C2CCN(C(=O)c3cnc4c(c3)ncn4C3CCCC3)CC2)CC1. The number of likely N-dealkylation sites (N-methyl/N-ethyl adjacent to an activating group) is 1. The van der Waals surface area contributed by atoms with Gasteiger partial charge in [0.2, 0.25) is 0 Å². The van der Waals surface area contributed by atoms with E-state index in [-0.39, 0.29) is 5.91 Å². The van der Waals surface area contributed by atoms with E-state index in [1.807, 2.05) is 17.3 Å². The van der Waals surface area contributed by atoms with Crippen LogP contribution in [0.15, 0.2) is 18.6 Å². The van der Waals surface area contributed by atoms with Gasteiger partial charge in [0.05, 0.1) is 11.9 Å². The molecule has 0 N–H and O–H groups in total. The number of aromatic nitrogens is 3. The first-order chi connectivity index (χ1) is 14.2. The minimum atomic E-state index is 0.103. The van der Waals surface area contributed by atoms with Gasteiger partial charge in [-0.15, -0.1) is 0 Å². The van der Waals surface area contributed by atoms with Gasteiger partial charge in [0, 0.05) is 57.5 Å². The summed E-state index contributed by atoms with van der Waals surface area (Å²) in [5.41, 5.74) is 2.43. The van der Waals surface area contributed by atoms with Gasteiger partial charge in [-0.1, -0.05) is 12.8 Å². The summed E-state index contributed by atoms with van der Waals surface area (Å²) in [5, 5.41) is 0.